The maximum absolute atomic E-state index is 10.3. The number of rotatable bonds is 2. The van der Waals surface area contributed by atoms with Crippen molar-refractivity contribution in [1.29, 1.82) is 0 Å². The second kappa shape index (κ2) is 2.69. The summed E-state index contributed by atoms with van der Waals surface area (Å²) in [6, 6.07) is 0. The van der Waals surface area contributed by atoms with E-state index in [1.807, 2.05) is 13.8 Å². The molecule has 1 aromatic rings. The van der Waals surface area contributed by atoms with Crippen LogP contribution >= 0.6 is 0 Å². The van der Waals surface area contributed by atoms with E-state index in [0.717, 1.165) is 6.20 Å². The SMILES string of the molecule is CC(C)c1oncc1[N+](=O)[O-]. The summed E-state index contributed by atoms with van der Waals surface area (Å²) in [5.41, 5.74) is -0.0417. The Morgan fingerprint density at radius 3 is 2.73 bits per heavy atom. The lowest BCUT2D eigenvalue weighted by Gasteiger charge is -1.95. The highest BCUT2D eigenvalue weighted by molar-refractivity contribution is 5.31. The Balaban J connectivity index is 3.06. The molecule has 0 N–H and O–H groups in total. The third-order valence-corrected chi connectivity index (χ3v) is 1.30. The zero-order chi connectivity index (χ0) is 8.43. The molecule has 0 aliphatic carbocycles. The molecule has 0 aliphatic rings. The van der Waals surface area contributed by atoms with E-state index in [1.54, 1.807) is 0 Å². The maximum Gasteiger partial charge on any atom is 0.331 e. The number of hydrogen-bond donors (Lipinski definition) is 0. The first-order valence-electron chi connectivity index (χ1n) is 3.22. The lowest BCUT2D eigenvalue weighted by atomic mass is 10.1. The van der Waals surface area contributed by atoms with E-state index in [1.165, 1.54) is 0 Å². The predicted octanol–water partition coefficient (Wildman–Crippen LogP) is 1.71. The molecule has 0 spiro atoms. The van der Waals surface area contributed by atoms with Crippen molar-refractivity contribution in [2.24, 2.45) is 0 Å². The van der Waals surface area contributed by atoms with Crippen LogP contribution in [0, 0.1) is 10.1 Å². The molecular weight excluding hydrogens is 148 g/mol. The van der Waals surface area contributed by atoms with Gasteiger partial charge in [0.2, 0.25) is 5.76 Å². The fraction of sp³-hybridized carbons (Fsp3) is 0.500. The number of aromatic nitrogens is 1. The molecule has 0 aliphatic heterocycles. The molecule has 0 aromatic carbocycles. The first kappa shape index (κ1) is 7.71. The summed E-state index contributed by atoms with van der Waals surface area (Å²) in [4.78, 5) is 9.80. The van der Waals surface area contributed by atoms with Crippen molar-refractivity contribution in [1.82, 2.24) is 5.16 Å². The Labute approximate surface area is 63.1 Å². The van der Waals surface area contributed by atoms with E-state index in [-0.39, 0.29) is 11.6 Å². The maximum atomic E-state index is 10.3. The van der Waals surface area contributed by atoms with Crippen LogP contribution in [0.4, 0.5) is 5.69 Å². The Morgan fingerprint density at radius 1 is 1.73 bits per heavy atom. The van der Waals surface area contributed by atoms with Crippen molar-refractivity contribution in [2.45, 2.75) is 19.8 Å². The second-order valence-corrected chi connectivity index (χ2v) is 2.49. The molecule has 0 saturated carbocycles. The average Bonchev–Trinajstić information content (AvgIpc) is 2.32. The molecular formula is C6H8N2O3. The summed E-state index contributed by atoms with van der Waals surface area (Å²) < 4.78 is 4.70. The van der Waals surface area contributed by atoms with Crippen LogP contribution in [-0.4, -0.2) is 10.1 Å². The first-order valence-corrected chi connectivity index (χ1v) is 3.22. The zero-order valence-corrected chi connectivity index (χ0v) is 6.27. The zero-order valence-electron chi connectivity index (χ0n) is 6.27. The third-order valence-electron chi connectivity index (χ3n) is 1.30. The second-order valence-electron chi connectivity index (χ2n) is 2.49. The van der Waals surface area contributed by atoms with Gasteiger partial charge >= 0.3 is 5.69 Å². The summed E-state index contributed by atoms with van der Waals surface area (Å²) in [5, 5.41) is 13.6. The Hall–Kier alpha value is -1.39. The van der Waals surface area contributed by atoms with E-state index in [0.29, 0.717) is 5.76 Å². The van der Waals surface area contributed by atoms with Gasteiger partial charge in [0.1, 0.15) is 6.20 Å². The van der Waals surface area contributed by atoms with Gasteiger partial charge in [0.15, 0.2) is 0 Å². The third kappa shape index (κ3) is 1.36. The van der Waals surface area contributed by atoms with Crippen LogP contribution in [0.15, 0.2) is 10.7 Å². The van der Waals surface area contributed by atoms with Crippen molar-refractivity contribution < 1.29 is 9.45 Å². The molecule has 11 heavy (non-hydrogen) atoms. The van der Waals surface area contributed by atoms with E-state index in [9.17, 15) is 10.1 Å². The van der Waals surface area contributed by atoms with Crippen molar-refractivity contribution in [3.05, 3.63) is 22.1 Å². The smallest absolute Gasteiger partial charge is 0.331 e. The van der Waals surface area contributed by atoms with Crippen LogP contribution in [-0.2, 0) is 0 Å². The molecule has 1 aromatic heterocycles. The van der Waals surface area contributed by atoms with Gasteiger partial charge in [0.25, 0.3) is 0 Å². The van der Waals surface area contributed by atoms with Gasteiger partial charge in [-0.05, 0) is 0 Å². The van der Waals surface area contributed by atoms with Crippen LogP contribution in [0.3, 0.4) is 0 Å². The largest absolute Gasteiger partial charge is 0.354 e. The van der Waals surface area contributed by atoms with Crippen LogP contribution < -0.4 is 0 Å². The average molecular weight is 156 g/mol. The molecule has 0 fully saturated rings. The van der Waals surface area contributed by atoms with E-state index >= 15 is 0 Å². The molecule has 0 saturated heterocycles. The molecule has 1 heterocycles. The molecule has 0 unspecified atom stereocenters. The van der Waals surface area contributed by atoms with Crippen LogP contribution in [0.5, 0.6) is 0 Å². The highest BCUT2D eigenvalue weighted by atomic mass is 16.6. The fourth-order valence-electron chi connectivity index (χ4n) is 0.782. The van der Waals surface area contributed by atoms with Crippen molar-refractivity contribution in [3.63, 3.8) is 0 Å². The standard InChI is InChI=1S/C6H8N2O3/c1-4(2)6-5(8(9)10)3-7-11-6/h3-4H,1-2H3. The van der Waals surface area contributed by atoms with Crippen molar-refractivity contribution in [3.8, 4) is 0 Å². The van der Waals surface area contributed by atoms with E-state index in [2.05, 4.69) is 5.16 Å². The van der Waals surface area contributed by atoms with Gasteiger partial charge in [-0.15, -0.1) is 0 Å². The van der Waals surface area contributed by atoms with Crippen molar-refractivity contribution >= 4 is 5.69 Å². The van der Waals surface area contributed by atoms with Crippen molar-refractivity contribution in [2.75, 3.05) is 0 Å². The lowest BCUT2D eigenvalue weighted by Crippen LogP contribution is -1.92. The summed E-state index contributed by atoms with van der Waals surface area (Å²) in [7, 11) is 0. The minimum absolute atomic E-state index is 0.00194. The molecule has 0 atom stereocenters. The Morgan fingerprint density at radius 2 is 2.36 bits per heavy atom. The summed E-state index contributed by atoms with van der Waals surface area (Å²) in [6.45, 7) is 3.63. The molecule has 5 nitrogen and oxygen atoms in total. The van der Waals surface area contributed by atoms with E-state index < -0.39 is 4.92 Å². The van der Waals surface area contributed by atoms with Crippen LogP contribution in [0.1, 0.15) is 25.5 Å². The van der Waals surface area contributed by atoms with Gasteiger partial charge in [-0.3, -0.25) is 10.1 Å². The van der Waals surface area contributed by atoms with E-state index in [4.69, 9.17) is 4.52 Å². The number of nitro groups is 1. The molecule has 1 rings (SSSR count). The lowest BCUT2D eigenvalue weighted by molar-refractivity contribution is -0.386. The highest BCUT2D eigenvalue weighted by Gasteiger charge is 2.21. The molecule has 5 heteroatoms. The van der Waals surface area contributed by atoms with Crippen LogP contribution in [0.2, 0.25) is 0 Å². The predicted molar refractivity (Wildman–Crippen MR) is 37.2 cm³/mol. The number of nitrogens with zero attached hydrogens (tertiary/aromatic N) is 2. The molecule has 0 amide bonds. The molecule has 0 radical (unpaired) electrons. The minimum atomic E-state index is -0.494. The first-order chi connectivity index (χ1) is 5.13. The van der Waals surface area contributed by atoms with Gasteiger partial charge in [-0.2, -0.15) is 0 Å². The summed E-state index contributed by atoms with van der Waals surface area (Å²) in [6.07, 6.45) is 1.12. The Bertz CT molecular complexity index is 267. The quantitative estimate of drug-likeness (QED) is 0.482. The Kier molecular flexibility index (Phi) is 1.89. The highest BCUT2D eigenvalue weighted by Crippen LogP contribution is 2.24. The van der Waals surface area contributed by atoms with Gasteiger partial charge in [-0.1, -0.05) is 19.0 Å². The van der Waals surface area contributed by atoms with Gasteiger partial charge < -0.3 is 4.52 Å². The monoisotopic (exact) mass is 156 g/mol. The summed E-state index contributed by atoms with van der Waals surface area (Å²) >= 11 is 0. The number of hydrogen-bond acceptors (Lipinski definition) is 4. The molecule has 0 bridgehead atoms. The fourth-order valence-corrected chi connectivity index (χ4v) is 0.782. The normalized spacial score (nSPS) is 10.5. The molecule has 60 valence electrons. The topological polar surface area (TPSA) is 69.2 Å². The minimum Gasteiger partial charge on any atom is -0.354 e. The van der Waals surface area contributed by atoms with Gasteiger partial charge in [-0.25, -0.2) is 0 Å². The van der Waals surface area contributed by atoms with Gasteiger partial charge in [0.05, 0.1) is 4.92 Å². The summed E-state index contributed by atoms with van der Waals surface area (Å²) in [5.74, 6) is 0.327. The van der Waals surface area contributed by atoms with Crippen LogP contribution in [0.25, 0.3) is 0 Å². The van der Waals surface area contributed by atoms with Gasteiger partial charge in [0, 0.05) is 5.92 Å².